The fourth-order valence-corrected chi connectivity index (χ4v) is 5.20. The Kier molecular flexibility index (Phi) is 4.09. The minimum atomic E-state index is -3.49. The van der Waals surface area contributed by atoms with Crippen molar-refractivity contribution in [3.8, 4) is 0 Å². The first-order valence-electron chi connectivity index (χ1n) is 8.54. The van der Waals surface area contributed by atoms with E-state index in [4.69, 9.17) is 0 Å². The number of fused-ring (bicyclic) bond motifs is 1. The predicted octanol–water partition coefficient (Wildman–Crippen LogP) is 3.44. The molecule has 1 fully saturated rings. The molecule has 0 radical (unpaired) electrons. The standard InChI is InChI=1S/C19H21N3O2S/c1-14-12-20-21-19(14)17-7-4-10-22(13-17)25(23,24)18-9-8-15-5-2-3-6-16(15)11-18/h2-3,5-6,8-9,11-12,17H,4,7,10,13H2,1H3,(H,20,21)/t17-/m0/s1. The van der Waals surface area contributed by atoms with E-state index in [2.05, 4.69) is 10.2 Å². The fraction of sp³-hybridized carbons (Fsp3) is 0.316. The Hall–Kier alpha value is -2.18. The molecule has 1 atom stereocenters. The highest BCUT2D eigenvalue weighted by Gasteiger charge is 2.32. The number of aryl methyl sites for hydroxylation is 1. The maximum atomic E-state index is 13.1. The molecule has 0 spiro atoms. The molecule has 1 aromatic heterocycles. The van der Waals surface area contributed by atoms with Gasteiger partial charge in [-0.15, -0.1) is 0 Å². The van der Waals surface area contributed by atoms with Crippen molar-refractivity contribution in [3.63, 3.8) is 0 Å². The number of hydrogen-bond acceptors (Lipinski definition) is 3. The first-order valence-corrected chi connectivity index (χ1v) is 9.98. The second kappa shape index (κ2) is 6.28. The Balaban J connectivity index is 1.65. The summed E-state index contributed by atoms with van der Waals surface area (Å²) in [5, 5.41) is 9.12. The number of aromatic amines is 1. The van der Waals surface area contributed by atoms with Gasteiger partial charge in [0.2, 0.25) is 10.0 Å². The van der Waals surface area contributed by atoms with Crippen LogP contribution in [0, 0.1) is 6.92 Å². The van der Waals surface area contributed by atoms with Crippen molar-refractivity contribution in [1.29, 1.82) is 0 Å². The molecule has 4 rings (SSSR count). The molecule has 0 aliphatic carbocycles. The number of sulfonamides is 1. The molecule has 130 valence electrons. The van der Waals surface area contributed by atoms with Crippen LogP contribution in [0.5, 0.6) is 0 Å². The van der Waals surface area contributed by atoms with Crippen LogP contribution < -0.4 is 0 Å². The van der Waals surface area contributed by atoms with Crippen LogP contribution in [0.4, 0.5) is 0 Å². The SMILES string of the molecule is Cc1cn[nH]c1[C@H]1CCCN(S(=O)(=O)c2ccc3ccccc3c2)C1. The van der Waals surface area contributed by atoms with Gasteiger partial charge in [-0.05, 0) is 48.2 Å². The summed E-state index contributed by atoms with van der Waals surface area (Å²) < 4.78 is 27.9. The van der Waals surface area contributed by atoms with Crippen LogP contribution in [0.1, 0.15) is 30.0 Å². The number of H-pyrrole nitrogens is 1. The van der Waals surface area contributed by atoms with Crippen molar-refractivity contribution in [2.75, 3.05) is 13.1 Å². The maximum absolute atomic E-state index is 13.1. The third-order valence-electron chi connectivity index (χ3n) is 5.02. The number of aromatic nitrogens is 2. The van der Waals surface area contributed by atoms with Crippen LogP contribution in [0.15, 0.2) is 53.6 Å². The Morgan fingerprint density at radius 1 is 1.16 bits per heavy atom. The number of nitrogens with zero attached hydrogens (tertiary/aromatic N) is 2. The normalized spacial score (nSPS) is 19.3. The van der Waals surface area contributed by atoms with Gasteiger partial charge in [0.05, 0.1) is 11.1 Å². The molecular formula is C19H21N3O2S. The monoisotopic (exact) mass is 355 g/mol. The van der Waals surface area contributed by atoms with E-state index in [-0.39, 0.29) is 5.92 Å². The van der Waals surface area contributed by atoms with Gasteiger partial charge in [-0.3, -0.25) is 5.10 Å². The minimum absolute atomic E-state index is 0.173. The highest BCUT2D eigenvalue weighted by molar-refractivity contribution is 7.89. The highest BCUT2D eigenvalue weighted by atomic mass is 32.2. The van der Waals surface area contributed by atoms with Crippen molar-refractivity contribution < 1.29 is 8.42 Å². The zero-order chi connectivity index (χ0) is 17.4. The Morgan fingerprint density at radius 2 is 1.96 bits per heavy atom. The summed E-state index contributed by atoms with van der Waals surface area (Å²) in [4.78, 5) is 0.369. The molecule has 1 aliphatic rings. The predicted molar refractivity (Wildman–Crippen MR) is 98.0 cm³/mol. The third kappa shape index (κ3) is 2.96. The lowest BCUT2D eigenvalue weighted by Gasteiger charge is -2.31. The summed E-state index contributed by atoms with van der Waals surface area (Å²) in [6, 6.07) is 13.2. The van der Waals surface area contributed by atoms with Crippen LogP contribution in [-0.2, 0) is 10.0 Å². The molecule has 3 aromatic rings. The van der Waals surface area contributed by atoms with E-state index in [1.165, 1.54) is 0 Å². The van der Waals surface area contributed by atoms with Gasteiger partial charge in [0.15, 0.2) is 0 Å². The molecule has 2 heterocycles. The zero-order valence-electron chi connectivity index (χ0n) is 14.1. The quantitative estimate of drug-likeness (QED) is 0.783. The van der Waals surface area contributed by atoms with E-state index in [0.717, 1.165) is 34.9 Å². The van der Waals surface area contributed by atoms with Gasteiger partial charge < -0.3 is 0 Å². The fourth-order valence-electron chi connectivity index (χ4n) is 3.64. The molecule has 0 bridgehead atoms. The van der Waals surface area contributed by atoms with Gasteiger partial charge >= 0.3 is 0 Å². The Bertz CT molecular complexity index is 1010. The van der Waals surface area contributed by atoms with E-state index in [0.29, 0.717) is 18.0 Å². The van der Waals surface area contributed by atoms with Gasteiger partial charge in [-0.25, -0.2) is 8.42 Å². The molecule has 0 saturated carbocycles. The second-order valence-electron chi connectivity index (χ2n) is 6.68. The number of piperidine rings is 1. The minimum Gasteiger partial charge on any atom is -0.282 e. The summed E-state index contributed by atoms with van der Waals surface area (Å²) in [6.45, 7) is 3.08. The molecule has 6 heteroatoms. The lowest BCUT2D eigenvalue weighted by molar-refractivity contribution is 0.312. The van der Waals surface area contributed by atoms with E-state index in [9.17, 15) is 8.42 Å². The van der Waals surface area contributed by atoms with Gasteiger partial charge in [0.1, 0.15) is 0 Å². The van der Waals surface area contributed by atoms with Crippen LogP contribution in [0.3, 0.4) is 0 Å². The van der Waals surface area contributed by atoms with Crippen molar-refractivity contribution in [2.24, 2.45) is 0 Å². The van der Waals surface area contributed by atoms with Gasteiger partial charge in [0, 0.05) is 24.7 Å². The van der Waals surface area contributed by atoms with Crippen molar-refractivity contribution in [1.82, 2.24) is 14.5 Å². The molecule has 1 saturated heterocycles. The summed E-state index contributed by atoms with van der Waals surface area (Å²) in [6.07, 6.45) is 3.63. The van der Waals surface area contributed by atoms with Gasteiger partial charge in [-0.2, -0.15) is 9.40 Å². The van der Waals surface area contributed by atoms with Crippen LogP contribution in [0.25, 0.3) is 10.8 Å². The van der Waals surface area contributed by atoms with Crippen molar-refractivity contribution in [3.05, 3.63) is 59.9 Å². The summed E-state index contributed by atoms with van der Waals surface area (Å²) in [7, 11) is -3.49. The smallest absolute Gasteiger partial charge is 0.243 e. The molecule has 0 unspecified atom stereocenters. The molecule has 0 amide bonds. The second-order valence-corrected chi connectivity index (χ2v) is 8.62. The average molecular weight is 355 g/mol. The first-order chi connectivity index (χ1) is 12.1. The maximum Gasteiger partial charge on any atom is 0.243 e. The number of rotatable bonds is 3. The van der Waals surface area contributed by atoms with Crippen LogP contribution >= 0.6 is 0 Å². The average Bonchev–Trinajstić information content (AvgIpc) is 3.07. The number of hydrogen-bond donors (Lipinski definition) is 1. The Morgan fingerprint density at radius 3 is 2.72 bits per heavy atom. The van der Waals surface area contributed by atoms with Gasteiger partial charge in [0.25, 0.3) is 0 Å². The summed E-state index contributed by atoms with van der Waals surface area (Å²) >= 11 is 0. The van der Waals surface area contributed by atoms with E-state index in [1.54, 1.807) is 22.6 Å². The lowest BCUT2D eigenvalue weighted by atomic mass is 9.94. The lowest BCUT2D eigenvalue weighted by Crippen LogP contribution is -2.39. The van der Waals surface area contributed by atoms with Crippen molar-refractivity contribution in [2.45, 2.75) is 30.6 Å². The van der Waals surface area contributed by atoms with Crippen LogP contribution in [-0.4, -0.2) is 36.0 Å². The summed E-state index contributed by atoms with van der Waals surface area (Å²) in [5.41, 5.74) is 2.15. The highest BCUT2D eigenvalue weighted by Crippen LogP contribution is 2.31. The molecule has 5 nitrogen and oxygen atoms in total. The first kappa shape index (κ1) is 16.3. The molecule has 1 aliphatic heterocycles. The van der Waals surface area contributed by atoms with Crippen LogP contribution in [0.2, 0.25) is 0 Å². The third-order valence-corrected chi connectivity index (χ3v) is 6.88. The van der Waals surface area contributed by atoms with E-state index < -0.39 is 10.0 Å². The Labute approximate surface area is 147 Å². The number of nitrogens with one attached hydrogen (secondary N) is 1. The molecule has 2 aromatic carbocycles. The molecular weight excluding hydrogens is 334 g/mol. The van der Waals surface area contributed by atoms with Gasteiger partial charge in [-0.1, -0.05) is 30.3 Å². The molecule has 1 N–H and O–H groups in total. The molecule has 25 heavy (non-hydrogen) atoms. The summed E-state index contributed by atoms with van der Waals surface area (Å²) in [5.74, 6) is 0.173. The van der Waals surface area contributed by atoms with Crippen molar-refractivity contribution >= 4 is 20.8 Å². The zero-order valence-corrected chi connectivity index (χ0v) is 15.0. The van der Waals surface area contributed by atoms with E-state index in [1.807, 2.05) is 37.3 Å². The largest absolute Gasteiger partial charge is 0.282 e. The topological polar surface area (TPSA) is 66.1 Å². The number of benzene rings is 2. The van der Waals surface area contributed by atoms with E-state index >= 15 is 0 Å².